The van der Waals surface area contributed by atoms with Crippen molar-refractivity contribution >= 4 is 17.2 Å². The van der Waals surface area contributed by atoms with Crippen LogP contribution in [0.25, 0.3) is 0 Å². The number of aryl methyl sites for hydroxylation is 1. The molecule has 2 heterocycles. The number of benzene rings is 1. The number of morpholine rings is 1. The largest absolute Gasteiger partial charge is 0.379 e. The van der Waals surface area contributed by atoms with Gasteiger partial charge in [-0.25, -0.2) is 0 Å². The van der Waals surface area contributed by atoms with Crippen LogP contribution < -0.4 is 10.6 Å². The summed E-state index contributed by atoms with van der Waals surface area (Å²) in [6.07, 6.45) is 1.02. The molecule has 2 N–H and O–H groups in total. The van der Waals surface area contributed by atoms with Gasteiger partial charge in [-0.3, -0.25) is 9.69 Å². The van der Waals surface area contributed by atoms with E-state index < -0.39 is 0 Å². The van der Waals surface area contributed by atoms with Crippen LogP contribution >= 0.6 is 11.3 Å². The van der Waals surface area contributed by atoms with Gasteiger partial charge in [-0.05, 0) is 42.8 Å². The fraction of sp³-hybridized carbons (Fsp3) is 0.522. The number of nitrogens with one attached hydrogen (secondary N) is 2. The Kier molecular flexibility index (Phi) is 8.24. The molecule has 158 valence electrons. The van der Waals surface area contributed by atoms with E-state index in [0.717, 1.165) is 44.8 Å². The highest BCUT2D eigenvalue weighted by Crippen LogP contribution is 2.25. The summed E-state index contributed by atoms with van der Waals surface area (Å²) in [6, 6.07) is 12.8. The maximum Gasteiger partial charge on any atom is 0.237 e. The quantitative estimate of drug-likeness (QED) is 0.658. The summed E-state index contributed by atoms with van der Waals surface area (Å²) in [5, 5.41) is 8.71. The maximum atomic E-state index is 12.7. The minimum absolute atomic E-state index is 0.00927. The zero-order valence-electron chi connectivity index (χ0n) is 17.7. The van der Waals surface area contributed by atoms with Gasteiger partial charge in [0.05, 0.1) is 31.3 Å². The van der Waals surface area contributed by atoms with Crippen LogP contribution in [0.3, 0.4) is 0 Å². The van der Waals surface area contributed by atoms with E-state index >= 15 is 0 Å². The monoisotopic (exact) mass is 415 g/mol. The zero-order valence-corrected chi connectivity index (χ0v) is 18.5. The first kappa shape index (κ1) is 22.0. The minimum atomic E-state index is -0.254. The Morgan fingerprint density at radius 2 is 1.90 bits per heavy atom. The Bertz CT molecular complexity index is 742. The summed E-state index contributed by atoms with van der Waals surface area (Å²) in [6.45, 7) is 10.3. The van der Waals surface area contributed by atoms with Crippen molar-refractivity contribution < 1.29 is 9.53 Å². The van der Waals surface area contributed by atoms with Crippen LogP contribution in [-0.2, 0) is 16.0 Å². The number of nitrogens with zero attached hydrogens (tertiary/aromatic N) is 1. The Morgan fingerprint density at radius 1 is 1.17 bits per heavy atom. The highest BCUT2D eigenvalue weighted by molar-refractivity contribution is 7.10. The summed E-state index contributed by atoms with van der Waals surface area (Å²) in [5.41, 5.74) is 2.44. The predicted octanol–water partition coefficient (Wildman–Crippen LogP) is 3.54. The smallest absolute Gasteiger partial charge is 0.237 e. The van der Waals surface area contributed by atoms with E-state index in [1.54, 1.807) is 11.3 Å². The first-order valence-corrected chi connectivity index (χ1v) is 11.4. The molecule has 1 fully saturated rings. The number of thiophene rings is 1. The molecule has 3 unspecified atom stereocenters. The van der Waals surface area contributed by atoms with E-state index in [1.165, 1.54) is 10.4 Å². The predicted molar refractivity (Wildman–Crippen MR) is 119 cm³/mol. The second-order valence-electron chi connectivity index (χ2n) is 7.63. The van der Waals surface area contributed by atoms with Crippen LogP contribution in [-0.4, -0.2) is 49.7 Å². The molecule has 6 heteroatoms. The third kappa shape index (κ3) is 6.12. The van der Waals surface area contributed by atoms with Crippen molar-refractivity contribution in [1.29, 1.82) is 0 Å². The van der Waals surface area contributed by atoms with Gasteiger partial charge in [-0.2, -0.15) is 0 Å². The highest BCUT2D eigenvalue weighted by atomic mass is 32.1. The summed E-state index contributed by atoms with van der Waals surface area (Å²) in [4.78, 5) is 16.5. The van der Waals surface area contributed by atoms with Crippen molar-refractivity contribution in [3.05, 3.63) is 57.8 Å². The SMILES string of the molecule is CCc1ccc(C(C)NC(=O)C(C)NCC(c2cccs2)N2CCOCC2)cc1. The molecule has 5 nitrogen and oxygen atoms in total. The average Bonchev–Trinajstić information content (AvgIpc) is 3.29. The lowest BCUT2D eigenvalue weighted by molar-refractivity contribution is -0.123. The van der Waals surface area contributed by atoms with Crippen LogP contribution in [0.2, 0.25) is 0 Å². The molecule has 0 bridgehead atoms. The number of rotatable bonds is 9. The van der Waals surface area contributed by atoms with Crippen LogP contribution in [0.1, 0.15) is 48.9 Å². The maximum absolute atomic E-state index is 12.7. The van der Waals surface area contributed by atoms with Crippen LogP contribution in [0.15, 0.2) is 41.8 Å². The molecule has 3 rings (SSSR count). The molecule has 1 aromatic carbocycles. The third-order valence-electron chi connectivity index (χ3n) is 5.62. The standard InChI is InChI=1S/C23H33N3O2S/c1-4-19-7-9-20(10-8-19)17(2)25-23(27)18(3)24-16-21(22-6-5-15-29-22)26-11-13-28-14-12-26/h5-10,15,17-18,21,24H,4,11-14,16H2,1-3H3,(H,25,27). The van der Waals surface area contributed by atoms with E-state index in [-0.39, 0.29) is 24.0 Å². The molecule has 3 atom stereocenters. The van der Waals surface area contributed by atoms with Gasteiger partial charge in [0.25, 0.3) is 0 Å². The molecule has 0 spiro atoms. The molecule has 1 aromatic heterocycles. The molecule has 0 aliphatic carbocycles. The van der Waals surface area contributed by atoms with Crippen molar-refractivity contribution in [2.24, 2.45) is 0 Å². The van der Waals surface area contributed by atoms with Crippen molar-refractivity contribution in [3.8, 4) is 0 Å². The second kappa shape index (κ2) is 10.9. The Labute approximate surface area is 178 Å². The fourth-order valence-corrected chi connectivity index (χ4v) is 4.49. The third-order valence-corrected chi connectivity index (χ3v) is 6.59. The van der Waals surface area contributed by atoms with Gasteiger partial charge in [0, 0.05) is 24.5 Å². The van der Waals surface area contributed by atoms with E-state index in [0.29, 0.717) is 0 Å². The topological polar surface area (TPSA) is 53.6 Å². The number of ether oxygens (including phenoxy) is 1. The molecule has 1 aliphatic rings. The Morgan fingerprint density at radius 3 is 2.52 bits per heavy atom. The number of hydrogen-bond acceptors (Lipinski definition) is 5. The van der Waals surface area contributed by atoms with Crippen molar-refractivity contribution in [2.75, 3.05) is 32.8 Å². The minimum Gasteiger partial charge on any atom is -0.379 e. The highest BCUT2D eigenvalue weighted by Gasteiger charge is 2.25. The van der Waals surface area contributed by atoms with Gasteiger partial charge in [0.2, 0.25) is 5.91 Å². The lowest BCUT2D eigenvalue weighted by Crippen LogP contribution is -2.48. The lowest BCUT2D eigenvalue weighted by Gasteiger charge is -2.34. The number of amides is 1. The molecular weight excluding hydrogens is 382 g/mol. The number of carbonyl (C=O) groups is 1. The first-order chi connectivity index (χ1) is 14.1. The molecule has 0 radical (unpaired) electrons. The average molecular weight is 416 g/mol. The van der Waals surface area contributed by atoms with E-state index in [4.69, 9.17) is 4.74 Å². The van der Waals surface area contributed by atoms with Crippen molar-refractivity contribution in [1.82, 2.24) is 15.5 Å². The number of hydrogen-bond donors (Lipinski definition) is 2. The van der Waals surface area contributed by atoms with Gasteiger partial charge >= 0.3 is 0 Å². The van der Waals surface area contributed by atoms with Crippen LogP contribution in [0.5, 0.6) is 0 Å². The molecule has 2 aromatic rings. The first-order valence-electron chi connectivity index (χ1n) is 10.6. The summed E-state index contributed by atoms with van der Waals surface area (Å²) in [7, 11) is 0. The second-order valence-corrected chi connectivity index (χ2v) is 8.61. The van der Waals surface area contributed by atoms with Crippen LogP contribution in [0.4, 0.5) is 0 Å². The fourth-order valence-electron chi connectivity index (χ4n) is 3.62. The Balaban J connectivity index is 1.54. The van der Waals surface area contributed by atoms with Gasteiger partial charge < -0.3 is 15.4 Å². The number of carbonyl (C=O) groups excluding carboxylic acids is 1. The lowest BCUT2D eigenvalue weighted by atomic mass is 10.0. The normalized spacial score (nSPS) is 18.2. The summed E-state index contributed by atoms with van der Waals surface area (Å²) in [5.74, 6) is 0.0315. The molecule has 0 saturated carbocycles. The summed E-state index contributed by atoms with van der Waals surface area (Å²) >= 11 is 1.77. The van der Waals surface area contributed by atoms with Gasteiger partial charge in [-0.15, -0.1) is 11.3 Å². The van der Waals surface area contributed by atoms with Gasteiger partial charge in [0.15, 0.2) is 0 Å². The van der Waals surface area contributed by atoms with E-state index in [2.05, 4.69) is 64.2 Å². The van der Waals surface area contributed by atoms with Crippen molar-refractivity contribution in [3.63, 3.8) is 0 Å². The molecule has 29 heavy (non-hydrogen) atoms. The van der Waals surface area contributed by atoms with Crippen LogP contribution in [0, 0.1) is 0 Å². The molecule has 1 aliphatic heterocycles. The zero-order chi connectivity index (χ0) is 20.6. The van der Waals surface area contributed by atoms with E-state index in [1.807, 2.05) is 13.8 Å². The Hall–Kier alpha value is -1.73. The van der Waals surface area contributed by atoms with Crippen molar-refractivity contribution in [2.45, 2.75) is 45.3 Å². The van der Waals surface area contributed by atoms with Gasteiger partial charge in [-0.1, -0.05) is 37.3 Å². The molecular formula is C23H33N3O2S. The molecule has 1 amide bonds. The summed E-state index contributed by atoms with van der Waals surface area (Å²) < 4.78 is 5.51. The van der Waals surface area contributed by atoms with Gasteiger partial charge in [0.1, 0.15) is 0 Å². The molecule has 1 saturated heterocycles. The van der Waals surface area contributed by atoms with E-state index in [9.17, 15) is 4.79 Å².